The van der Waals surface area contributed by atoms with Crippen molar-refractivity contribution in [2.24, 2.45) is 5.92 Å². The summed E-state index contributed by atoms with van der Waals surface area (Å²) < 4.78 is 78.7. The fourth-order valence-corrected chi connectivity index (χ4v) is 3.55. The predicted molar refractivity (Wildman–Crippen MR) is 86.5 cm³/mol. The normalized spacial score (nSPS) is 22.4. The van der Waals surface area contributed by atoms with Crippen LogP contribution in [0.25, 0.3) is 10.9 Å². The van der Waals surface area contributed by atoms with Crippen LogP contribution in [0, 0.1) is 5.92 Å². The average molecular weight is 394 g/mol. The summed E-state index contributed by atoms with van der Waals surface area (Å²) in [7, 11) is 0. The van der Waals surface area contributed by atoms with Gasteiger partial charge in [-0.1, -0.05) is 6.92 Å². The summed E-state index contributed by atoms with van der Waals surface area (Å²) in [5.41, 5.74) is -2.04. The van der Waals surface area contributed by atoms with E-state index in [-0.39, 0.29) is 35.5 Å². The van der Waals surface area contributed by atoms with E-state index in [0.29, 0.717) is 6.07 Å². The Kier molecular flexibility index (Phi) is 4.65. The Hall–Kier alpha value is -2.23. The van der Waals surface area contributed by atoms with Gasteiger partial charge in [-0.15, -0.1) is 0 Å². The molecule has 0 bridgehead atoms. The number of fused-ring (bicyclic) bond motifs is 1. The Morgan fingerprint density at radius 2 is 1.85 bits per heavy atom. The molecule has 3 atom stereocenters. The van der Waals surface area contributed by atoms with Crippen molar-refractivity contribution >= 4 is 16.6 Å². The number of aliphatic hydroxyl groups is 1. The van der Waals surface area contributed by atoms with Gasteiger partial charge in [0.1, 0.15) is 0 Å². The number of benzene rings is 1. The number of nitrogens with zero attached hydrogens (tertiary/aromatic N) is 1. The molecular weight excluding hydrogens is 378 g/mol. The van der Waals surface area contributed by atoms with Crippen LogP contribution in [-0.4, -0.2) is 35.0 Å². The molecule has 4 nitrogen and oxygen atoms in total. The molecule has 1 aromatic carbocycles. The van der Waals surface area contributed by atoms with E-state index in [0.717, 1.165) is 6.07 Å². The van der Waals surface area contributed by atoms with Gasteiger partial charge in [0, 0.05) is 29.2 Å². The molecule has 3 rings (SSSR count). The fraction of sp³-hybridized carbons (Fsp3) is 0.471. The molecule has 0 saturated carbocycles. The second-order valence-corrected chi connectivity index (χ2v) is 6.82. The van der Waals surface area contributed by atoms with Crippen molar-refractivity contribution in [2.45, 2.75) is 37.8 Å². The van der Waals surface area contributed by atoms with E-state index < -0.39 is 35.6 Å². The highest BCUT2D eigenvalue weighted by molar-refractivity contribution is 5.86. The second-order valence-electron chi connectivity index (χ2n) is 6.82. The first-order valence-corrected chi connectivity index (χ1v) is 8.13. The van der Waals surface area contributed by atoms with Crippen LogP contribution >= 0.6 is 0 Å². The first kappa shape index (κ1) is 19.5. The van der Waals surface area contributed by atoms with E-state index in [1.807, 2.05) is 0 Å². The van der Waals surface area contributed by atoms with Gasteiger partial charge in [0.25, 0.3) is 0 Å². The van der Waals surface area contributed by atoms with Crippen molar-refractivity contribution < 1.29 is 31.4 Å². The zero-order valence-electron chi connectivity index (χ0n) is 14.0. The first-order chi connectivity index (χ1) is 12.4. The van der Waals surface area contributed by atoms with Crippen molar-refractivity contribution in [3.8, 4) is 0 Å². The highest BCUT2D eigenvalue weighted by Crippen LogP contribution is 2.39. The first-order valence-electron chi connectivity index (χ1n) is 8.13. The number of aromatic amines is 1. The lowest BCUT2D eigenvalue weighted by Gasteiger charge is -2.31. The molecule has 2 heterocycles. The molecule has 1 aliphatic rings. The van der Waals surface area contributed by atoms with Crippen LogP contribution in [0.3, 0.4) is 0 Å². The van der Waals surface area contributed by atoms with Crippen molar-refractivity contribution in [1.82, 2.24) is 4.98 Å². The van der Waals surface area contributed by atoms with Crippen LogP contribution in [0.2, 0.25) is 0 Å². The summed E-state index contributed by atoms with van der Waals surface area (Å²) in [6, 6.07) is 2.78. The smallest absolute Gasteiger partial charge is 0.382 e. The largest absolute Gasteiger partial charge is 0.417 e. The number of nitrogens with one attached hydrogen (secondary N) is 1. The van der Waals surface area contributed by atoms with Gasteiger partial charge in [0.15, 0.2) is 6.10 Å². The highest BCUT2D eigenvalue weighted by Gasteiger charge is 2.48. The van der Waals surface area contributed by atoms with E-state index in [9.17, 15) is 36.2 Å². The lowest BCUT2D eigenvalue weighted by Crippen LogP contribution is -2.47. The number of rotatable bonds is 2. The number of alkyl halides is 6. The minimum absolute atomic E-state index is 0.0520. The summed E-state index contributed by atoms with van der Waals surface area (Å²) in [6.07, 6.45) is -12.2. The maximum Gasteiger partial charge on any atom is 0.417 e. The Bertz CT molecular complexity index is 905. The van der Waals surface area contributed by atoms with Gasteiger partial charge in [-0.05, 0) is 30.5 Å². The molecule has 0 amide bonds. The van der Waals surface area contributed by atoms with E-state index in [2.05, 4.69) is 4.98 Å². The average Bonchev–Trinajstić information content (AvgIpc) is 2.92. The van der Waals surface area contributed by atoms with Crippen LogP contribution in [0.5, 0.6) is 0 Å². The predicted octanol–water partition coefficient (Wildman–Crippen LogP) is 3.68. The fourth-order valence-electron chi connectivity index (χ4n) is 3.55. The summed E-state index contributed by atoms with van der Waals surface area (Å²) in [4.78, 5) is 15.0. The molecule has 10 heteroatoms. The number of hydrogen-bond donors (Lipinski definition) is 2. The second kappa shape index (κ2) is 6.43. The Balaban J connectivity index is 2.11. The number of aromatic nitrogens is 1. The van der Waals surface area contributed by atoms with Gasteiger partial charge in [0.2, 0.25) is 5.56 Å². The topological polar surface area (TPSA) is 56.3 Å². The molecule has 148 valence electrons. The number of H-pyrrole nitrogens is 1. The standard InChI is InChI=1S/C17H16F6N2O2/c1-8-4-13(15(27)17(21,22)23)25(7-8)9-2-3-12-10(5-9)11(16(18,19)20)6-14(26)24-12/h2-3,5-6,8,13,15,27H,4,7H2,1H3,(H,24,26)/t8-,13+,15-/m0/s1. The van der Waals surface area contributed by atoms with E-state index in [1.165, 1.54) is 17.0 Å². The molecule has 0 aliphatic carbocycles. The lowest BCUT2D eigenvalue weighted by atomic mass is 10.0. The summed E-state index contributed by atoms with van der Waals surface area (Å²) >= 11 is 0. The number of aliphatic hydroxyl groups excluding tert-OH is 1. The van der Waals surface area contributed by atoms with Gasteiger partial charge < -0.3 is 15.0 Å². The third-order valence-electron chi connectivity index (χ3n) is 4.72. The third kappa shape index (κ3) is 3.76. The minimum atomic E-state index is -4.84. The van der Waals surface area contributed by atoms with Crippen LogP contribution in [0.15, 0.2) is 29.1 Å². The van der Waals surface area contributed by atoms with Crippen LogP contribution in [0.4, 0.5) is 32.0 Å². The SMILES string of the molecule is C[C@H]1C[C@H]([C@H](O)C(F)(F)F)N(c2ccc3[nH]c(=O)cc(C(F)(F)F)c3c2)C1. The molecule has 0 unspecified atom stereocenters. The van der Waals surface area contributed by atoms with Gasteiger partial charge in [0.05, 0.1) is 11.6 Å². The summed E-state index contributed by atoms with van der Waals surface area (Å²) in [5.74, 6) is -0.180. The van der Waals surface area contributed by atoms with Crippen molar-refractivity contribution in [2.75, 3.05) is 11.4 Å². The van der Waals surface area contributed by atoms with Gasteiger partial charge in [-0.2, -0.15) is 26.3 Å². The maximum absolute atomic E-state index is 13.3. The van der Waals surface area contributed by atoms with Crippen LogP contribution < -0.4 is 10.5 Å². The van der Waals surface area contributed by atoms with Crippen LogP contribution in [-0.2, 0) is 6.18 Å². The molecule has 1 saturated heterocycles. The zero-order valence-corrected chi connectivity index (χ0v) is 14.0. The molecule has 0 radical (unpaired) electrons. The molecule has 27 heavy (non-hydrogen) atoms. The van der Waals surface area contributed by atoms with Crippen molar-refractivity contribution in [3.63, 3.8) is 0 Å². The zero-order chi connectivity index (χ0) is 20.1. The Morgan fingerprint density at radius 3 is 2.44 bits per heavy atom. The molecular formula is C17H16F6N2O2. The highest BCUT2D eigenvalue weighted by atomic mass is 19.4. The number of pyridine rings is 1. The number of hydrogen-bond acceptors (Lipinski definition) is 3. The van der Waals surface area contributed by atoms with Crippen molar-refractivity contribution in [1.29, 1.82) is 0 Å². The number of halogens is 6. The summed E-state index contributed by atoms with van der Waals surface area (Å²) in [6.45, 7) is 1.86. The molecule has 2 aromatic rings. The quantitative estimate of drug-likeness (QED) is 0.764. The van der Waals surface area contributed by atoms with E-state index in [1.54, 1.807) is 6.92 Å². The molecule has 1 aliphatic heterocycles. The van der Waals surface area contributed by atoms with Gasteiger partial charge >= 0.3 is 12.4 Å². The lowest BCUT2D eigenvalue weighted by molar-refractivity contribution is -0.209. The molecule has 0 spiro atoms. The third-order valence-corrected chi connectivity index (χ3v) is 4.72. The van der Waals surface area contributed by atoms with Gasteiger partial charge in [-0.3, -0.25) is 4.79 Å². The minimum Gasteiger partial charge on any atom is -0.382 e. The molecule has 2 N–H and O–H groups in total. The van der Waals surface area contributed by atoms with E-state index >= 15 is 0 Å². The van der Waals surface area contributed by atoms with Crippen molar-refractivity contribution in [3.05, 3.63) is 40.2 Å². The van der Waals surface area contributed by atoms with E-state index in [4.69, 9.17) is 0 Å². The molecule has 1 aromatic heterocycles. The molecule has 1 fully saturated rings. The Labute approximate surface area is 149 Å². The summed E-state index contributed by atoms with van der Waals surface area (Å²) in [5, 5.41) is 9.35. The Morgan fingerprint density at radius 1 is 1.19 bits per heavy atom. The van der Waals surface area contributed by atoms with Gasteiger partial charge in [-0.25, -0.2) is 0 Å². The number of anilines is 1. The maximum atomic E-state index is 13.3. The van der Waals surface area contributed by atoms with Crippen LogP contribution in [0.1, 0.15) is 18.9 Å². The monoisotopic (exact) mass is 394 g/mol.